The molecule has 0 radical (unpaired) electrons. The van der Waals surface area contributed by atoms with Crippen LogP contribution in [-0.2, 0) is 13.1 Å². The summed E-state index contributed by atoms with van der Waals surface area (Å²) in [6, 6.07) is 21.5. The number of halogens is 2. The van der Waals surface area contributed by atoms with Gasteiger partial charge in [-0.2, -0.15) is 0 Å². The zero-order chi connectivity index (χ0) is 23.8. The van der Waals surface area contributed by atoms with Gasteiger partial charge in [-0.1, -0.05) is 73.9 Å². The Morgan fingerprint density at radius 2 is 0.938 bits per heavy atom. The van der Waals surface area contributed by atoms with E-state index in [2.05, 4.69) is 110 Å². The molecule has 1 aromatic heterocycles. The second kappa shape index (κ2) is 12.5. The van der Waals surface area contributed by atoms with E-state index in [0.29, 0.717) is 0 Å². The van der Waals surface area contributed by atoms with Crippen LogP contribution in [0, 0.1) is 0 Å². The number of rotatable bonds is 6. The standard InChI is InChI=1S/C24H30N2SSi2.2ClH.Fe/c1-28(2,3)23-13-7-19(8-14-23)25-17-21-11-12-22(27-21)18-26-20-9-15-24(16-10-20)29(4,5)6;;;/h7-18H,1-6H3;2*1H;/q;;;+2/p-2. The molecule has 0 saturated carbocycles. The van der Waals surface area contributed by atoms with Crippen molar-refractivity contribution in [3.8, 4) is 0 Å². The Morgan fingerprint density at radius 3 is 1.22 bits per heavy atom. The van der Waals surface area contributed by atoms with Gasteiger partial charge in [0.05, 0.1) is 27.5 Å². The first-order chi connectivity index (χ1) is 15.0. The van der Waals surface area contributed by atoms with E-state index in [9.17, 15) is 0 Å². The Kier molecular flexibility index (Phi) is 10.6. The molecule has 2 nitrogen and oxygen atoms in total. The molecule has 32 heavy (non-hydrogen) atoms. The van der Waals surface area contributed by atoms with Gasteiger partial charge in [0, 0.05) is 22.2 Å². The second-order valence-corrected chi connectivity index (χ2v) is 22.5. The van der Waals surface area contributed by atoms with Gasteiger partial charge in [-0.25, -0.2) is 0 Å². The fraction of sp³-hybridized carbons (Fsp3) is 0.250. The van der Waals surface area contributed by atoms with E-state index < -0.39 is 16.1 Å². The molecule has 0 aliphatic carbocycles. The number of aliphatic imine (C=N–C) groups is 2. The molecule has 0 atom stereocenters. The van der Waals surface area contributed by atoms with E-state index in [-0.39, 0.29) is 13.1 Å². The van der Waals surface area contributed by atoms with Crippen molar-refractivity contribution in [2.24, 2.45) is 9.98 Å². The summed E-state index contributed by atoms with van der Waals surface area (Å²) in [4.78, 5) is 11.5. The summed E-state index contributed by atoms with van der Waals surface area (Å²) < 4.78 is 0. The molecule has 0 bridgehead atoms. The van der Waals surface area contributed by atoms with Crippen molar-refractivity contribution < 1.29 is 13.1 Å². The van der Waals surface area contributed by atoms with Crippen LogP contribution in [0.25, 0.3) is 0 Å². The maximum atomic E-state index is 4.76. The molecule has 0 saturated heterocycles. The van der Waals surface area contributed by atoms with E-state index in [1.165, 1.54) is 10.4 Å². The van der Waals surface area contributed by atoms with Gasteiger partial charge in [-0.05, 0) is 36.4 Å². The fourth-order valence-electron chi connectivity index (χ4n) is 2.88. The molecule has 0 unspecified atom stereocenters. The summed E-state index contributed by atoms with van der Waals surface area (Å²) >= 11 is 1.90. The SMILES string of the molecule is C[Si](C)(C)c1ccc(N=Cc2ccc(C=Nc3ccc([Si](C)(C)C)cc3)s2)cc1.[Cl][Fe][Cl]. The predicted octanol–water partition coefficient (Wildman–Crippen LogP) is 7.72. The molecular formula is C24H30Cl2FeN2SSi2. The quantitative estimate of drug-likeness (QED) is 0.218. The van der Waals surface area contributed by atoms with Crippen molar-refractivity contribution >= 4 is 81.9 Å². The molecule has 3 aromatic rings. The van der Waals surface area contributed by atoms with Gasteiger partial charge < -0.3 is 0 Å². The number of hydrogen-bond acceptors (Lipinski definition) is 3. The van der Waals surface area contributed by atoms with E-state index in [1.54, 1.807) is 11.3 Å². The third-order valence-corrected chi connectivity index (χ3v) is 9.88. The molecule has 0 fully saturated rings. The van der Waals surface area contributed by atoms with Crippen molar-refractivity contribution in [2.75, 3.05) is 0 Å². The van der Waals surface area contributed by atoms with Gasteiger partial charge in [0.25, 0.3) is 0 Å². The predicted molar refractivity (Wildman–Crippen MR) is 149 cm³/mol. The first-order valence-electron chi connectivity index (χ1n) is 10.3. The molecule has 0 spiro atoms. The molecule has 0 N–H and O–H groups in total. The number of nitrogens with zero attached hydrogens (tertiary/aromatic N) is 2. The fourth-order valence-corrected chi connectivity index (χ4v) is 5.97. The average Bonchev–Trinajstić information content (AvgIpc) is 3.19. The van der Waals surface area contributed by atoms with Crippen LogP contribution in [0.5, 0.6) is 0 Å². The third kappa shape index (κ3) is 9.10. The molecule has 2 aromatic carbocycles. The molecule has 172 valence electrons. The zero-order valence-corrected chi connectivity index (χ0v) is 24.8. The molecule has 0 amide bonds. The van der Waals surface area contributed by atoms with Gasteiger partial charge >= 0.3 is 33.3 Å². The van der Waals surface area contributed by atoms with Crippen LogP contribution in [-0.4, -0.2) is 28.6 Å². The Bertz CT molecular complexity index is 954. The molecule has 8 heteroatoms. The molecule has 0 aliphatic heterocycles. The Morgan fingerprint density at radius 1 is 0.625 bits per heavy atom. The van der Waals surface area contributed by atoms with Crippen molar-refractivity contribution in [1.82, 2.24) is 0 Å². The second-order valence-electron chi connectivity index (χ2n) is 9.40. The van der Waals surface area contributed by atoms with Crippen LogP contribution in [0.2, 0.25) is 39.3 Å². The van der Waals surface area contributed by atoms with E-state index in [0.717, 1.165) is 21.1 Å². The van der Waals surface area contributed by atoms with Gasteiger partial charge in [0.15, 0.2) is 0 Å². The number of hydrogen-bond donors (Lipinski definition) is 0. The van der Waals surface area contributed by atoms with Crippen molar-refractivity contribution in [3.63, 3.8) is 0 Å². The van der Waals surface area contributed by atoms with Crippen LogP contribution in [0.3, 0.4) is 0 Å². The van der Waals surface area contributed by atoms with Gasteiger partial charge in [-0.3, -0.25) is 9.98 Å². The normalized spacial score (nSPS) is 12.4. The third-order valence-electron chi connectivity index (χ3n) is 4.80. The summed E-state index contributed by atoms with van der Waals surface area (Å²) in [7, 11) is 7.02. The van der Waals surface area contributed by atoms with Crippen LogP contribution < -0.4 is 10.4 Å². The molecule has 3 rings (SSSR count). The van der Waals surface area contributed by atoms with Gasteiger partial charge in [0.2, 0.25) is 0 Å². The Hall–Kier alpha value is -0.987. The summed E-state index contributed by atoms with van der Waals surface area (Å²) in [5.74, 6) is 0. The summed E-state index contributed by atoms with van der Waals surface area (Å²) in [5, 5.41) is 2.92. The Balaban J connectivity index is 0.00000114. The average molecular weight is 562 g/mol. The van der Waals surface area contributed by atoms with Crippen LogP contribution in [0.1, 0.15) is 9.75 Å². The molecule has 1 heterocycles. The number of thiophene rings is 1. The van der Waals surface area contributed by atoms with Crippen LogP contribution >= 0.6 is 31.5 Å². The summed E-state index contributed by atoms with van der Waals surface area (Å²) in [6.07, 6.45) is 3.88. The van der Waals surface area contributed by atoms with Gasteiger partial charge in [-0.15, -0.1) is 11.3 Å². The Labute approximate surface area is 213 Å². The molecule has 0 aliphatic rings. The monoisotopic (exact) mass is 560 g/mol. The minimum atomic E-state index is -1.25. The van der Waals surface area contributed by atoms with Gasteiger partial charge in [0.1, 0.15) is 0 Å². The first-order valence-corrected chi connectivity index (χ1v) is 21.1. The number of benzene rings is 2. The summed E-state index contributed by atoms with van der Waals surface area (Å²) in [5.41, 5.74) is 2.00. The topological polar surface area (TPSA) is 24.7 Å². The van der Waals surface area contributed by atoms with Crippen molar-refractivity contribution in [2.45, 2.75) is 39.3 Å². The van der Waals surface area contributed by atoms with Crippen molar-refractivity contribution in [3.05, 3.63) is 70.4 Å². The van der Waals surface area contributed by atoms with E-state index >= 15 is 0 Å². The first kappa shape index (κ1) is 27.3. The molecular weight excluding hydrogens is 531 g/mol. The zero-order valence-electron chi connectivity index (χ0n) is 19.3. The van der Waals surface area contributed by atoms with E-state index in [1.807, 2.05) is 12.4 Å². The minimum absolute atomic E-state index is 0.194. The van der Waals surface area contributed by atoms with E-state index in [4.69, 9.17) is 20.2 Å². The summed E-state index contributed by atoms with van der Waals surface area (Å²) in [6.45, 7) is 14.2. The van der Waals surface area contributed by atoms with Crippen LogP contribution in [0.4, 0.5) is 11.4 Å². The maximum absolute atomic E-state index is 4.76. The van der Waals surface area contributed by atoms with Crippen LogP contribution in [0.15, 0.2) is 70.6 Å². The van der Waals surface area contributed by atoms with Crippen molar-refractivity contribution in [1.29, 1.82) is 0 Å².